The van der Waals surface area contributed by atoms with Crippen LogP contribution in [0.3, 0.4) is 0 Å². The third-order valence-corrected chi connectivity index (χ3v) is 3.77. The number of hydrogen-bond donors (Lipinski definition) is 0. The molecular formula is C9H5F3INS. The molecule has 0 fully saturated rings. The van der Waals surface area contributed by atoms with Crippen molar-refractivity contribution in [3.63, 3.8) is 0 Å². The zero-order valence-corrected chi connectivity index (χ0v) is 10.2. The third-order valence-electron chi connectivity index (χ3n) is 2.04. The van der Waals surface area contributed by atoms with Crippen LogP contribution < -0.4 is 0 Å². The van der Waals surface area contributed by atoms with Crippen molar-refractivity contribution in [2.45, 2.75) is 6.43 Å². The first-order chi connectivity index (χ1) is 7.13. The molecule has 0 radical (unpaired) electrons. The lowest BCUT2D eigenvalue weighted by Gasteiger charge is -2.03. The zero-order chi connectivity index (χ0) is 11.0. The smallest absolute Gasteiger partial charge is 0.274 e. The van der Waals surface area contributed by atoms with Gasteiger partial charge in [0.1, 0.15) is 5.82 Å². The van der Waals surface area contributed by atoms with E-state index >= 15 is 0 Å². The van der Waals surface area contributed by atoms with Crippen LogP contribution >= 0.6 is 30.3 Å². The Balaban J connectivity index is 2.73. The van der Waals surface area contributed by atoms with E-state index in [0.29, 0.717) is 10.9 Å². The van der Waals surface area contributed by atoms with Gasteiger partial charge in [0, 0.05) is 35.7 Å². The second-order valence-electron chi connectivity index (χ2n) is 2.94. The molecule has 0 atom stereocenters. The summed E-state index contributed by atoms with van der Waals surface area (Å²) in [4.78, 5) is 0. The summed E-state index contributed by atoms with van der Waals surface area (Å²) in [6.07, 6.45) is -2.55. The van der Waals surface area contributed by atoms with Crippen molar-refractivity contribution in [2.75, 3.05) is 0 Å². The minimum atomic E-state index is -2.55. The van der Waals surface area contributed by atoms with Crippen molar-refractivity contribution in [3.8, 4) is 0 Å². The molecule has 1 heterocycles. The van der Waals surface area contributed by atoms with E-state index in [9.17, 15) is 13.2 Å². The fraction of sp³-hybridized carbons (Fsp3) is 0.111. The molecule has 0 aliphatic carbocycles. The molecule has 0 N–H and O–H groups in total. The Kier molecular flexibility index (Phi) is 3.15. The van der Waals surface area contributed by atoms with E-state index in [1.165, 1.54) is 28.2 Å². The monoisotopic (exact) mass is 343 g/mol. The second kappa shape index (κ2) is 4.25. The topological polar surface area (TPSA) is 4.93 Å². The fourth-order valence-electron chi connectivity index (χ4n) is 1.41. The highest BCUT2D eigenvalue weighted by Crippen LogP contribution is 2.33. The predicted molar refractivity (Wildman–Crippen MR) is 63.9 cm³/mol. The molecule has 0 aliphatic rings. The van der Waals surface area contributed by atoms with Gasteiger partial charge in [-0.25, -0.2) is 13.2 Å². The molecular weight excluding hydrogens is 338 g/mol. The number of aromatic nitrogens is 1. The summed E-state index contributed by atoms with van der Waals surface area (Å²) in [6, 6.07) is 5.34. The maximum absolute atomic E-state index is 12.9. The summed E-state index contributed by atoms with van der Waals surface area (Å²) in [6.45, 7) is 0. The maximum atomic E-state index is 12.9. The summed E-state index contributed by atoms with van der Waals surface area (Å²) in [5, 5.41) is 0.495. The Labute approximate surface area is 100 Å². The molecule has 0 amide bonds. The van der Waals surface area contributed by atoms with Gasteiger partial charge in [-0.3, -0.25) is 3.97 Å². The van der Waals surface area contributed by atoms with E-state index in [1.54, 1.807) is 0 Å². The van der Waals surface area contributed by atoms with E-state index < -0.39 is 12.2 Å². The van der Waals surface area contributed by atoms with Gasteiger partial charge < -0.3 is 0 Å². The Bertz CT molecular complexity index is 497. The molecule has 0 unspecified atom stereocenters. The highest BCUT2D eigenvalue weighted by Gasteiger charge is 2.16. The van der Waals surface area contributed by atoms with Gasteiger partial charge in [0.25, 0.3) is 6.43 Å². The summed E-state index contributed by atoms with van der Waals surface area (Å²) < 4.78 is 39.5. The van der Waals surface area contributed by atoms with Crippen LogP contribution in [0, 0.1) is 5.82 Å². The minimum absolute atomic E-state index is 0.102. The van der Waals surface area contributed by atoms with Gasteiger partial charge in [-0.05, 0) is 24.3 Å². The van der Waals surface area contributed by atoms with Gasteiger partial charge >= 0.3 is 0 Å². The first-order valence-corrected chi connectivity index (χ1v) is 7.33. The van der Waals surface area contributed by atoms with Crippen LogP contribution in [-0.2, 0) is 0 Å². The largest absolute Gasteiger partial charge is 0.279 e. The number of nitrogens with zero attached hydrogens (tertiary/aromatic N) is 1. The van der Waals surface area contributed by atoms with Gasteiger partial charge in [0.15, 0.2) is 0 Å². The lowest BCUT2D eigenvalue weighted by Crippen LogP contribution is -1.91. The average Bonchev–Trinajstić information content (AvgIpc) is 2.55. The Morgan fingerprint density at radius 3 is 2.60 bits per heavy atom. The number of alkyl halides is 2. The third kappa shape index (κ3) is 1.96. The van der Waals surface area contributed by atoms with Crippen LogP contribution in [0.5, 0.6) is 0 Å². The molecule has 0 saturated heterocycles. The minimum Gasteiger partial charge on any atom is -0.274 e. The molecule has 80 valence electrons. The molecule has 2 aromatic rings. The highest BCUT2D eigenvalue weighted by molar-refractivity contribution is 14.2. The van der Waals surface area contributed by atoms with Crippen molar-refractivity contribution < 1.29 is 13.2 Å². The lowest BCUT2D eigenvalue weighted by atomic mass is 10.2. The van der Waals surface area contributed by atoms with Crippen LogP contribution in [0.15, 0.2) is 24.3 Å². The highest BCUT2D eigenvalue weighted by atomic mass is 127. The molecule has 0 bridgehead atoms. The SMILES string of the molecule is Fc1ccc2c(c1)cc(C(F)F)n2SI. The Morgan fingerprint density at radius 1 is 1.27 bits per heavy atom. The number of halogens is 4. The van der Waals surface area contributed by atoms with Gasteiger partial charge in [-0.1, -0.05) is 0 Å². The molecule has 6 heteroatoms. The van der Waals surface area contributed by atoms with E-state index in [-0.39, 0.29) is 5.69 Å². The fourth-order valence-corrected chi connectivity index (χ4v) is 3.18. The molecule has 0 spiro atoms. The molecule has 0 aliphatic heterocycles. The number of fused-ring (bicyclic) bond motifs is 1. The van der Waals surface area contributed by atoms with Crippen molar-refractivity contribution in [1.29, 1.82) is 0 Å². The average molecular weight is 343 g/mol. The van der Waals surface area contributed by atoms with Crippen LogP contribution in [0.25, 0.3) is 10.9 Å². The predicted octanol–water partition coefficient (Wildman–Crippen LogP) is 4.56. The Morgan fingerprint density at radius 2 is 2.00 bits per heavy atom. The summed E-state index contributed by atoms with van der Waals surface area (Å²) in [7, 11) is 1.15. The van der Waals surface area contributed by atoms with Crippen molar-refractivity contribution in [2.24, 2.45) is 0 Å². The molecule has 15 heavy (non-hydrogen) atoms. The number of hydrogen-bond acceptors (Lipinski definition) is 1. The van der Waals surface area contributed by atoms with Crippen molar-refractivity contribution in [3.05, 3.63) is 35.8 Å². The standard InChI is InChI=1S/C9H5F3INS/c10-6-1-2-7-5(3-6)4-8(9(11)12)14(7)15-13/h1-4,9H. The Hall–Kier alpha value is -0.370. The molecule has 1 aromatic carbocycles. The molecule has 2 rings (SSSR count). The van der Waals surface area contributed by atoms with Crippen LogP contribution in [-0.4, -0.2) is 3.97 Å². The first kappa shape index (κ1) is 11.1. The van der Waals surface area contributed by atoms with Gasteiger partial charge in [-0.15, -0.1) is 0 Å². The van der Waals surface area contributed by atoms with E-state index in [2.05, 4.69) is 0 Å². The zero-order valence-electron chi connectivity index (χ0n) is 7.25. The first-order valence-electron chi connectivity index (χ1n) is 4.01. The van der Waals surface area contributed by atoms with Crippen LogP contribution in [0.2, 0.25) is 0 Å². The van der Waals surface area contributed by atoms with Crippen molar-refractivity contribution >= 4 is 41.2 Å². The quantitative estimate of drug-likeness (QED) is 0.724. The summed E-state index contributed by atoms with van der Waals surface area (Å²) >= 11 is 1.92. The number of benzene rings is 1. The maximum Gasteiger partial charge on any atom is 0.279 e. The van der Waals surface area contributed by atoms with E-state index in [4.69, 9.17) is 0 Å². The van der Waals surface area contributed by atoms with Crippen LogP contribution in [0.1, 0.15) is 12.1 Å². The number of rotatable bonds is 2. The van der Waals surface area contributed by atoms with E-state index in [1.807, 2.05) is 21.2 Å². The van der Waals surface area contributed by atoms with Gasteiger partial charge in [-0.2, -0.15) is 0 Å². The molecule has 1 aromatic heterocycles. The second-order valence-corrected chi connectivity index (χ2v) is 4.62. The normalized spacial score (nSPS) is 11.5. The van der Waals surface area contributed by atoms with Crippen molar-refractivity contribution in [1.82, 2.24) is 3.97 Å². The van der Waals surface area contributed by atoms with E-state index in [0.717, 1.165) is 9.12 Å². The van der Waals surface area contributed by atoms with Gasteiger partial charge in [0.05, 0.1) is 11.2 Å². The summed E-state index contributed by atoms with van der Waals surface area (Å²) in [5.41, 5.74) is 0.501. The van der Waals surface area contributed by atoms with Gasteiger partial charge in [0.2, 0.25) is 0 Å². The lowest BCUT2D eigenvalue weighted by molar-refractivity contribution is 0.146. The van der Waals surface area contributed by atoms with Crippen LogP contribution in [0.4, 0.5) is 13.2 Å². The molecule has 1 nitrogen and oxygen atoms in total. The summed E-state index contributed by atoms with van der Waals surface area (Å²) in [5.74, 6) is -0.418. The molecule has 0 saturated carbocycles.